The van der Waals surface area contributed by atoms with Crippen LogP contribution in [0.3, 0.4) is 0 Å². The summed E-state index contributed by atoms with van der Waals surface area (Å²) < 4.78 is 0. The second-order valence-corrected chi connectivity index (χ2v) is 9.51. The summed E-state index contributed by atoms with van der Waals surface area (Å²) in [6.45, 7) is 4.53. The third kappa shape index (κ3) is 8.04. The Morgan fingerprint density at radius 1 is 0.812 bits per heavy atom. The van der Waals surface area contributed by atoms with E-state index in [0.717, 1.165) is 17.9 Å². The predicted molar refractivity (Wildman–Crippen MR) is 140 cm³/mol. The van der Waals surface area contributed by atoms with Crippen molar-refractivity contribution < 1.29 is 0 Å². The molecule has 2 aromatic rings. The third-order valence-electron chi connectivity index (χ3n) is 6.94. The number of aryl methyl sites for hydroxylation is 1. The van der Waals surface area contributed by atoms with Crippen molar-refractivity contribution >= 4 is 11.9 Å². The van der Waals surface area contributed by atoms with Gasteiger partial charge < -0.3 is 0 Å². The highest BCUT2D eigenvalue weighted by Gasteiger charge is 2.25. The average molecular weight is 431 g/mol. The molecule has 0 atom stereocenters. The summed E-state index contributed by atoms with van der Waals surface area (Å²) in [5, 5.41) is 9.32. The van der Waals surface area contributed by atoms with Crippen LogP contribution in [0.15, 0.2) is 64.8 Å². The van der Waals surface area contributed by atoms with E-state index in [0.29, 0.717) is 5.92 Å². The van der Waals surface area contributed by atoms with Crippen LogP contribution in [0, 0.1) is 11.8 Å². The van der Waals surface area contributed by atoms with Crippen molar-refractivity contribution in [2.45, 2.75) is 90.9 Å². The first-order valence-electron chi connectivity index (χ1n) is 13.1. The normalized spacial score (nSPS) is 19.5. The molecule has 0 spiro atoms. The maximum absolute atomic E-state index is 4.78. The summed E-state index contributed by atoms with van der Waals surface area (Å²) in [4.78, 5) is 0. The van der Waals surface area contributed by atoms with Gasteiger partial charge in [-0.05, 0) is 61.1 Å². The summed E-state index contributed by atoms with van der Waals surface area (Å²) in [5.74, 6) is 1.44. The molecule has 3 rings (SSSR count). The second kappa shape index (κ2) is 14.0. The standard InChI is InChI=1S/C30H42N2/c1-3-5-7-9-13-26-20-22-29(23-21-26)30(28-14-10-8-11-15-28)32-31-24-27-18-16-25(17-19-27)12-6-4-2/h8,10-11,14-19,24,26,29H,3-7,9,12-13,20-23H2,1-2H3. The van der Waals surface area contributed by atoms with Crippen LogP contribution >= 0.6 is 0 Å². The van der Waals surface area contributed by atoms with Crippen molar-refractivity contribution in [2.75, 3.05) is 0 Å². The Hall–Kier alpha value is -2.22. The van der Waals surface area contributed by atoms with Gasteiger partial charge in [0, 0.05) is 5.92 Å². The van der Waals surface area contributed by atoms with Gasteiger partial charge in [-0.25, -0.2) is 0 Å². The molecule has 2 heteroatoms. The molecule has 0 aliphatic heterocycles. The van der Waals surface area contributed by atoms with Gasteiger partial charge in [0.15, 0.2) is 0 Å². The van der Waals surface area contributed by atoms with Crippen LogP contribution in [0.4, 0.5) is 0 Å². The molecule has 1 aliphatic rings. The van der Waals surface area contributed by atoms with Gasteiger partial charge >= 0.3 is 0 Å². The van der Waals surface area contributed by atoms with Crippen LogP contribution in [-0.4, -0.2) is 11.9 Å². The van der Waals surface area contributed by atoms with E-state index in [4.69, 9.17) is 5.10 Å². The maximum atomic E-state index is 4.78. The van der Waals surface area contributed by atoms with Crippen molar-refractivity contribution in [2.24, 2.45) is 22.0 Å². The quantitative estimate of drug-likeness (QED) is 0.183. The number of nitrogens with zero attached hydrogens (tertiary/aromatic N) is 2. The molecule has 2 aromatic carbocycles. The molecule has 1 aliphatic carbocycles. The topological polar surface area (TPSA) is 24.7 Å². The molecule has 0 amide bonds. The highest BCUT2D eigenvalue weighted by Crippen LogP contribution is 2.34. The van der Waals surface area contributed by atoms with E-state index < -0.39 is 0 Å². The van der Waals surface area contributed by atoms with Gasteiger partial charge in [0.1, 0.15) is 0 Å². The lowest BCUT2D eigenvalue weighted by Gasteiger charge is -2.29. The Morgan fingerprint density at radius 3 is 2.22 bits per heavy atom. The molecular formula is C30H42N2. The zero-order valence-corrected chi connectivity index (χ0v) is 20.3. The van der Waals surface area contributed by atoms with Gasteiger partial charge in [0.05, 0.1) is 11.9 Å². The zero-order valence-electron chi connectivity index (χ0n) is 20.3. The van der Waals surface area contributed by atoms with Crippen LogP contribution in [0.5, 0.6) is 0 Å². The number of unbranched alkanes of at least 4 members (excludes halogenated alkanes) is 4. The van der Waals surface area contributed by atoms with E-state index in [1.165, 1.54) is 87.5 Å². The first kappa shape index (κ1) is 24.4. The van der Waals surface area contributed by atoms with Crippen LogP contribution in [-0.2, 0) is 6.42 Å². The second-order valence-electron chi connectivity index (χ2n) is 9.51. The van der Waals surface area contributed by atoms with Crippen molar-refractivity contribution in [3.05, 3.63) is 71.3 Å². The molecule has 0 aromatic heterocycles. The Kier molecular flexibility index (Phi) is 10.7. The minimum Gasteiger partial charge on any atom is -0.158 e. The van der Waals surface area contributed by atoms with Crippen molar-refractivity contribution in [1.29, 1.82) is 0 Å². The molecule has 2 nitrogen and oxygen atoms in total. The summed E-state index contributed by atoms with van der Waals surface area (Å²) in [6.07, 6.45) is 17.7. The van der Waals surface area contributed by atoms with Gasteiger partial charge in [-0.2, -0.15) is 10.2 Å². The van der Waals surface area contributed by atoms with Crippen LogP contribution < -0.4 is 0 Å². The molecule has 0 N–H and O–H groups in total. The summed E-state index contributed by atoms with van der Waals surface area (Å²) in [7, 11) is 0. The molecule has 0 bridgehead atoms. The lowest BCUT2D eigenvalue weighted by molar-refractivity contribution is 0.298. The molecule has 32 heavy (non-hydrogen) atoms. The minimum atomic E-state index is 0.526. The SMILES string of the molecule is CCCCCCC1CCC(C(=NN=Cc2ccc(CCCC)cc2)c2ccccc2)CC1. The van der Waals surface area contributed by atoms with Crippen molar-refractivity contribution in [3.63, 3.8) is 0 Å². The maximum Gasteiger partial charge on any atom is 0.0733 e. The van der Waals surface area contributed by atoms with E-state index in [9.17, 15) is 0 Å². The molecule has 1 saturated carbocycles. The molecule has 0 radical (unpaired) electrons. The Bertz CT molecular complexity index is 812. The van der Waals surface area contributed by atoms with E-state index in [1.807, 2.05) is 6.21 Å². The molecular weight excluding hydrogens is 388 g/mol. The Balaban J connectivity index is 1.62. The lowest BCUT2D eigenvalue weighted by atomic mass is 9.76. The van der Waals surface area contributed by atoms with Gasteiger partial charge in [-0.15, -0.1) is 0 Å². The third-order valence-corrected chi connectivity index (χ3v) is 6.94. The summed E-state index contributed by atoms with van der Waals surface area (Å²) >= 11 is 0. The van der Waals surface area contributed by atoms with Crippen LogP contribution in [0.25, 0.3) is 0 Å². The van der Waals surface area contributed by atoms with E-state index in [2.05, 4.69) is 73.5 Å². The Labute approximate surface area is 196 Å². The van der Waals surface area contributed by atoms with Crippen molar-refractivity contribution in [3.8, 4) is 0 Å². The lowest BCUT2D eigenvalue weighted by Crippen LogP contribution is -2.22. The highest BCUT2D eigenvalue weighted by molar-refractivity contribution is 6.02. The number of hydrogen-bond donors (Lipinski definition) is 0. The van der Waals surface area contributed by atoms with E-state index in [-0.39, 0.29) is 0 Å². The highest BCUT2D eigenvalue weighted by atomic mass is 15.2. The molecule has 0 saturated heterocycles. The molecule has 1 fully saturated rings. The van der Waals surface area contributed by atoms with Crippen LogP contribution in [0.2, 0.25) is 0 Å². The van der Waals surface area contributed by atoms with E-state index in [1.54, 1.807) is 0 Å². The number of benzene rings is 2. The summed E-state index contributed by atoms with van der Waals surface area (Å²) in [5.41, 5.74) is 4.93. The molecule has 0 heterocycles. The fourth-order valence-electron chi connectivity index (χ4n) is 4.88. The van der Waals surface area contributed by atoms with Gasteiger partial charge in [0.2, 0.25) is 0 Å². The Morgan fingerprint density at radius 2 is 1.53 bits per heavy atom. The van der Waals surface area contributed by atoms with Gasteiger partial charge in [-0.3, -0.25) is 0 Å². The monoisotopic (exact) mass is 430 g/mol. The molecule has 0 unspecified atom stereocenters. The molecule has 172 valence electrons. The number of rotatable bonds is 12. The minimum absolute atomic E-state index is 0.526. The fraction of sp³-hybridized carbons (Fsp3) is 0.533. The van der Waals surface area contributed by atoms with E-state index >= 15 is 0 Å². The first-order chi connectivity index (χ1) is 15.8. The zero-order chi connectivity index (χ0) is 22.4. The van der Waals surface area contributed by atoms with Crippen molar-refractivity contribution in [1.82, 2.24) is 0 Å². The average Bonchev–Trinajstić information content (AvgIpc) is 2.85. The van der Waals surface area contributed by atoms with Gasteiger partial charge in [-0.1, -0.05) is 107 Å². The smallest absolute Gasteiger partial charge is 0.0733 e. The van der Waals surface area contributed by atoms with Gasteiger partial charge in [0.25, 0.3) is 0 Å². The largest absolute Gasteiger partial charge is 0.158 e. The summed E-state index contributed by atoms with van der Waals surface area (Å²) in [6, 6.07) is 19.5. The number of hydrogen-bond acceptors (Lipinski definition) is 2. The fourth-order valence-corrected chi connectivity index (χ4v) is 4.88. The predicted octanol–water partition coefficient (Wildman–Crippen LogP) is 8.63. The van der Waals surface area contributed by atoms with Crippen LogP contribution in [0.1, 0.15) is 101 Å². The first-order valence-corrected chi connectivity index (χ1v) is 13.1.